The van der Waals surface area contributed by atoms with Crippen molar-refractivity contribution < 1.29 is 13.2 Å². The lowest BCUT2D eigenvalue weighted by molar-refractivity contribution is -0.121. The van der Waals surface area contributed by atoms with Gasteiger partial charge >= 0.3 is 0 Å². The molecule has 0 aliphatic heterocycles. The van der Waals surface area contributed by atoms with Crippen LogP contribution >= 0.6 is 0 Å². The Morgan fingerprint density at radius 1 is 1.23 bits per heavy atom. The second-order valence-corrected chi connectivity index (χ2v) is 7.52. The van der Waals surface area contributed by atoms with Crippen molar-refractivity contribution in [2.24, 2.45) is 0 Å². The van der Waals surface area contributed by atoms with E-state index in [1.54, 1.807) is 0 Å². The number of sulfonamides is 1. The molecular weight excluding hydrogens is 300 g/mol. The van der Waals surface area contributed by atoms with Gasteiger partial charge in [0, 0.05) is 26.1 Å². The molecule has 6 heteroatoms. The molecule has 0 saturated heterocycles. The fourth-order valence-electron chi connectivity index (χ4n) is 1.98. The van der Waals surface area contributed by atoms with E-state index in [-0.39, 0.29) is 18.9 Å². The minimum atomic E-state index is -3.34. The minimum absolute atomic E-state index is 0.106. The third-order valence-corrected chi connectivity index (χ3v) is 4.64. The molecule has 1 amide bonds. The Balaban J connectivity index is 2.59. The zero-order chi connectivity index (χ0) is 16.6. The molecule has 0 heterocycles. The number of unbranched alkanes of at least 4 members (excludes halogenated alkanes) is 1. The van der Waals surface area contributed by atoms with E-state index in [4.69, 9.17) is 0 Å². The van der Waals surface area contributed by atoms with Crippen LogP contribution in [-0.4, -0.2) is 38.0 Å². The summed E-state index contributed by atoms with van der Waals surface area (Å²) in [5, 5.41) is 2.80. The van der Waals surface area contributed by atoms with Gasteiger partial charge in [-0.2, -0.15) is 4.31 Å². The number of nitrogens with one attached hydrogen (secondary N) is 1. The van der Waals surface area contributed by atoms with E-state index in [0.29, 0.717) is 13.1 Å². The SMILES string of the molecule is CCCCNC(=O)CCN(Cc1ccc(C)cc1)S(C)(=O)=O. The van der Waals surface area contributed by atoms with Crippen LogP contribution in [0, 0.1) is 6.92 Å². The first-order valence-corrected chi connectivity index (χ1v) is 9.45. The summed E-state index contributed by atoms with van der Waals surface area (Å²) in [6.45, 7) is 5.18. The largest absolute Gasteiger partial charge is 0.356 e. The quantitative estimate of drug-likeness (QED) is 0.706. The fraction of sp³-hybridized carbons (Fsp3) is 0.562. The number of aryl methyl sites for hydroxylation is 1. The Morgan fingerprint density at radius 2 is 1.86 bits per heavy atom. The molecule has 0 saturated carbocycles. The van der Waals surface area contributed by atoms with E-state index in [9.17, 15) is 13.2 Å². The summed E-state index contributed by atoms with van der Waals surface area (Å²) in [6, 6.07) is 7.73. The molecule has 0 fully saturated rings. The molecule has 0 atom stereocenters. The van der Waals surface area contributed by atoms with Crippen LogP contribution in [-0.2, 0) is 21.4 Å². The lowest BCUT2D eigenvalue weighted by Crippen LogP contribution is -2.34. The van der Waals surface area contributed by atoms with E-state index in [1.807, 2.05) is 31.2 Å². The maximum absolute atomic E-state index is 11.9. The van der Waals surface area contributed by atoms with Crippen LogP contribution in [0.3, 0.4) is 0 Å². The van der Waals surface area contributed by atoms with Gasteiger partial charge in [-0.3, -0.25) is 4.79 Å². The summed E-state index contributed by atoms with van der Waals surface area (Å²) in [4.78, 5) is 11.7. The predicted octanol–water partition coefficient (Wildman–Crippen LogP) is 2.06. The number of hydrogen-bond acceptors (Lipinski definition) is 3. The van der Waals surface area contributed by atoms with E-state index >= 15 is 0 Å². The summed E-state index contributed by atoms with van der Waals surface area (Å²) in [7, 11) is -3.34. The molecule has 22 heavy (non-hydrogen) atoms. The fourth-order valence-corrected chi connectivity index (χ4v) is 2.78. The number of rotatable bonds is 9. The minimum Gasteiger partial charge on any atom is -0.356 e. The first kappa shape index (κ1) is 18.6. The summed E-state index contributed by atoms with van der Waals surface area (Å²) < 4.78 is 25.1. The van der Waals surface area contributed by atoms with Gasteiger partial charge in [-0.15, -0.1) is 0 Å². The second-order valence-electron chi connectivity index (χ2n) is 5.54. The number of nitrogens with zero attached hydrogens (tertiary/aromatic N) is 1. The van der Waals surface area contributed by atoms with Gasteiger partial charge in [-0.05, 0) is 18.9 Å². The van der Waals surface area contributed by atoms with Crippen molar-refractivity contribution >= 4 is 15.9 Å². The number of benzene rings is 1. The highest BCUT2D eigenvalue weighted by Crippen LogP contribution is 2.10. The lowest BCUT2D eigenvalue weighted by Gasteiger charge is -2.20. The molecule has 1 N–H and O–H groups in total. The molecule has 1 aromatic carbocycles. The molecule has 0 aromatic heterocycles. The molecule has 1 rings (SSSR count). The van der Waals surface area contributed by atoms with Crippen LogP contribution in [0.5, 0.6) is 0 Å². The zero-order valence-electron chi connectivity index (χ0n) is 13.6. The topological polar surface area (TPSA) is 66.5 Å². The predicted molar refractivity (Wildman–Crippen MR) is 89.0 cm³/mol. The number of amides is 1. The standard InChI is InChI=1S/C16H26N2O3S/c1-4-5-11-17-16(19)10-12-18(22(3,20)21)13-15-8-6-14(2)7-9-15/h6-9H,4-5,10-13H2,1-3H3,(H,17,19). The smallest absolute Gasteiger partial charge is 0.221 e. The Labute approximate surface area is 133 Å². The Morgan fingerprint density at radius 3 is 2.41 bits per heavy atom. The van der Waals surface area contributed by atoms with Gasteiger partial charge in [0.25, 0.3) is 0 Å². The Kier molecular flexibility index (Phi) is 7.55. The van der Waals surface area contributed by atoms with Crippen LogP contribution < -0.4 is 5.32 Å². The van der Waals surface area contributed by atoms with Crippen LogP contribution in [0.4, 0.5) is 0 Å². The van der Waals surface area contributed by atoms with Crippen molar-refractivity contribution in [3.05, 3.63) is 35.4 Å². The molecule has 0 bridgehead atoms. The van der Waals surface area contributed by atoms with Crippen molar-refractivity contribution in [1.29, 1.82) is 0 Å². The average Bonchev–Trinajstić information content (AvgIpc) is 2.44. The van der Waals surface area contributed by atoms with Crippen molar-refractivity contribution in [1.82, 2.24) is 9.62 Å². The monoisotopic (exact) mass is 326 g/mol. The molecule has 5 nitrogen and oxygen atoms in total. The maximum Gasteiger partial charge on any atom is 0.221 e. The zero-order valence-corrected chi connectivity index (χ0v) is 14.4. The molecule has 1 aromatic rings. The van der Waals surface area contributed by atoms with E-state index in [2.05, 4.69) is 12.2 Å². The van der Waals surface area contributed by atoms with Gasteiger partial charge in [0.15, 0.2) is 0 Å². The third-order valence-electron chi connectivity index (χ3n) is 3.39. The van der Waals surface area contributed by atoms with Crippen molar-refractivity contribution in [2.75, 3.05) is 19.3 Å². The van der Waals surface area contributed by atoms with Crippen LogP contribution in [0.2, 0.25) is 0 Å². The van der Waals surface area contributed by atoms with Gasteiger partial charge in [0.1, 0.15) is 0 Å². The Hall–Kier alpha value is -1.40. The highest BCUT2D eigenvalue weighted by Gasteiger charge is 2.18. The molecule has 0 spiro atoms. The van der Waals surface area contributed by atoms with Gasteiger partial charge in [0.05, 0.1) is 6.26 Å². The van der Waals surface area contributed by atoms with E-state index in [1.165, 1.54) is 10.6 Å². The van der Waals surface area contributed by atoms with Gasteiger partial charge in [-0.1, -0.05) is 43.2 Å². The lowest BCUT2D eigenvalue weighted by atomic mass is 10.1. The molecule has 0 unspecified atom stereocenters. The maximum atomic E-state index is 11.9. The molecule has 0 aliphatic carbocycles. The molecule has 124 valence electrons. The van der Waals surface area contributed by atoms with Crippen LogP contribution in [0.1, 0.15) is 37.3 Å². The first-order chi connectivity index (χ1) is 10.3. The number of carbonyl (C=O) groups is 1. The number of carbonyl (C=O) groups excluding carboxylic acids is 1. The van der Waals surface area contributed by atoms with Crippen molar-refractivity contribution in [3.63, 3.8) is 0 Å². The van der Waals surface area contributed by atoms with Gasteiger partial charge in [-0.25, -0.2) is 8.42 Å². The summed E-state index contributed by atoms with van der Waals surface area (Å²) >= 11 is 0. The molecular formula is C16H26N2O3S. The van der Waals surface area contributed by atoms with Crippen LogP contribution in [0.25, 0.3) is 0 Å². The highest BCUT2D eigenvalue weighted by atomic mass is 32.2. The third kappa shape index (κ3) is 7.04. The van der Waals surface area contributed by atoms with Crippen molar-refractivity contribution in [2.45, 2.75) is 39.7 Å². The second kappa shape index (κ2) is 8.90. The summed E-state index contributed by atoms with van der Waals surface area (Å²) in [5.74, 6) is -0.106. The first-order valence-electron chi connectivity index (χ1n) is 7.60. The van der Waals surface area contributed by atoms with Crippen molar-refractivity contribution in [3.8, 4) is 0 Å². The summed E-state index contributed by atoms with van der Waals surface area (Å²) in [5.41, 5.74) is 2.05. The van der Waals surface area contributed by atoms with Crippen LogP contribution in [0.15, 0.2) is 24.3 Å². The highest BCUT2D eigenvalue weighted by molar-refractivity contribution is 7.88. The average molecular weight is 326 g/mol. The normalized spacial score (nSPS) is 11.6. The summed E-state index contributed by atoms with van der Waals surface area (Å²) in [6.07, 6.45) is 3.31. The number of hydrogen-bond donors (Lipinski definition) is 1. The Bertz CT molecular complexity index is 568. The molecule has 0 aliphatic rings. The van der Waals surface area contributed by atoms with Gasteiger partial charge in [0.2, 0.25) is 15.9 Å². The van der Waals surface area contributed by atoms with E-state index in [0.717, 1.165) is 24.0 Å². The van der Waals surface area contributed by atoms with E-state index < -0.39 is 10.0 Å². The molecule has 0 radical (unpaired) electrons. The van der Waals surface area contributed by atoms with Gasteiger partial charge < -0.3 is 5.32 Å².